The molecular formula is C11H10N2O2S2. The predicted octanol–water partition coefficient (Wildman–Crippen LogP) is 3.00. The fraction of sp³-hybridized carbons (Fsp3) is 0.182. The second-order valence-electron chi connectivity index (χ2n) is 3.49. The van der Waals surface area contributed by atoms with E-state index in [1.807, 2.05) is 19.9 Å². The Hall–Kier alpha value is -1.40. The number of benzene rings is 1. The minimum absolute atomic E-state index is 0.308. The van der Waals surface area contributed by atoms with E-state index in [0.29, 0.717) is 10.5 Å². The average Bonchev–Trinajstić information content (AvgIpc) is 2.66. The van der Waals surface area contributed by atoms with Crippen molar-refractivity contribution in [1.82, 2.24) is 10.2 Å². The van der Waals surface area contributed by atoms with E-state index in [1.54, 1.807) is 12.1 Å². The van der Waals surface area contributed by atoms with E-state index in [4.69, 9.17) is 5.11 Å². The molecule has 1 heterocycles. The molecule has 0 radical (unpaired) electrons. The maximum absolute atomic E-state index is 11.1. The van der Waals surface area contributed by atoms with Crippen LogP contribution in [0.3, 0.4) is 0 Å². The largest absolute Gasteiger partial charge is 0.478 e. The minimum atomic E-state index is -0.919. The van der Waals surface area contributed by atoms with Gasteiger partial charge in [-0.15, -0.1) is 10.2 Å². The Morgan fingerprint density at radius 3 is 2.71 bits per heavy atom. The van der Waals surface area contributed by atoms with E-state index in [-0.39, 0.29) is 0 Å². The molecule has 0 bridgehead atoms. The summed E-state index contributed by atoms with van der Waals surface area (Å²) in [4.78, 5) is 11.8. The predicted molar refractivity (Wildman–Crippen MR) is 66.9 cm³/mol. The maximum atomic E-state index is 11.1. The normalized spacial score (nSPS) is 10.5. The van der Waals surface area contributed by atoms with Gasteiger partial charge in [0.15, 0.2) is 4.34 Å². The highest BCUT2D eigenvalue weighted by molar-refractivity contribution is 8.01. The first-order valence-corrected chi connectivity index (χ1v) is 6.51. The Labute approximate surface area is 107 Å². The van der Waals surface area contributed by atoms with Gasteiger partial charge < -0.3 is 5.11 Å². The molecule has 88 valence electrons. The molecule has 0 aliphatic rings. The second kappa shape index (κ2) is 4.85. The number of aromatic nitrogens is 2. The molecule has 2 rings (SSSR count). The number of hydrogen-bond donors (Lipinski definition) is 1. The fourth-order valence-corrected chi connectivity index (χ4v) is 3.19. The van der Waals surface area contributed by atoms with Crippen LogP contribution in [0, 0.1) is 13.8 Å². The third-order valence-electron chi connectivity index (χ3n) is 2.07. The van der Waals surface area contributed by atoms with Crippen molar-refractivity contribution < 1.29 is 9.90 Å². The molecule has 6 heteroatoms. The van der Waals surface area contributed by atoms with Gasteiger partial charge in [0.25, 0.3) is 0 Å². The van der Waals surface area contributed by atoms with Crippen LogP contribution in [-0.4, -0.2) is 21.3 Å². The van der Waals surface area contributed by atoms with Crippen molar-refractivity contribution in [3.8, 4) is 0 Å². The molecule has 4 nitrogen and oxygen atoms in total. The molecule has 0 saturated carbocycles. The minimum Gasteiger partial charge on any atom is -0.478 e. The Bertz CT molecular complexity index is 566. The number of carboxylic acid groups (broad SMARTS) is 1. The Morgan fingerprint density at radius 1 is 1.35 bits per heavy atom. The summed E-state index contributed by atoms with van der Waals surface area (Å²) in [6, 6.07) is 5.36. The molecule has 0 saturated heterocycles. The molecule has 0 fully saturated rings. The third-order valence-corrected chi connectivity index (χ3v) is 4.04. The summed E-state index contributed by atoms with van der Waals surface area (Å²) in [5.41, 5.74) is 1.24. The fourth-order valence-electron chi connectivity index (χ4n) is 1.31. The van der Waals surface area contributed by atoms with Crippen LogP contribution in [0.5, 0.6) is 0 Å². The number of carbonyl (C=O) groups is 1. The maximum Gasteiger partial charge on any atom is 0.336 e. The van der Waals surface area contributed by atoms with Crippen molar-refractivity contribution >= 4 is 29.1 Å². The summed E-state index contributed by atoms with van der Waals surface area (Å²) in [7, 11) is 0. The number of aromatic carboxylic acids is 1. The molecule has 2 aromatic rings. The van der Waals surface area contributed by atoms with Crippen LogP contribution in [0.15, 0.2) is 27.4 Å². The molecule has 1 aromatic heterocycles. The smallest absolute Gasteiger partial charge is 0.336 e. The highest BCUT2D eigenvalue weighted by atomic mass is 32.2. The molecule has 0 amide bonds. The highest BCUT2D eigenvalue weighted by Gasteiger charge is 2.13. The van der Waals surface area contributed by atoms with Crippen LogP contribution in [0.25, 0.3) is 0 Å². The van der Waals surface area contributed by atoms with E-state index in [1.165, 1.54) is 23.1 Å². The number of carboxylic acids is 1. The lowest BCUT2D eigenvalue weighted by molar-refractivity contribution is 0.0693. The standard InChI is InChI=1S/C11H10N2O2S2/c1-6-3-4-9(8(5-6)10(14)15)17-11-13-12-7(2)16-11/h3-5H,1-2H3,(H,14,15). The summed E-state index contributed by atoms with van der Waals surface area (Å²) >= 11 is 2.79. The summed E-state index contributed by atoms with van der Waals surface area (Å²) in [5.74, 6) is -0.919. The molecule has 0 aliphatic carbocycles. The van der Waals surface area contributed by atoms with Crippen molar-refractivity contribution in [2.45, 2.75) is 23.1 Å². The topological polar surface area (TPSA) is 63.1 Å². The lowest BCUT2D eigenvalue weighted by Crippen LogP contribution is -1.99. The third kappa shape index (κ3) is 2.83. The highest BCUT2D eigenvalue weighted by Crippen LogP contribution is 2.32. The van der Waals surface area contributed by atoms with Crippen LogP contribution in [0.2, 0.25) is 0 Å². The number of hydrogen-bond acceptors (Lipinski definition) is 5. The second-order valence-corrected chi connectivity index (χ2v) is 5.96. The summed E-state index contributed by atoms with van der Waals surface area (Å²) in [6.45, 7) is 3.74. The van der Waals surface area contributed by atoms with Gasteiger partial charge in [-0.3, -0.25) is 0 Å². The Kier molecular flexibility index (Phi) is 3.44. The van der Waals surface area contributed by atoms with E-state index in [2.05, 4.69) is 10.2 Å². The zero-order chi connectivity index (χ0) is 12.4. The van der Waals surface area contributed by atoms with Gasteiger partial charge in [-0.1, -0.05) is 34.7 Å². The van der Waals surface area contributed by atoms with Gasteiger partial charge in [0.2, 0.25) is 0 Å². The molecule has 0 aliphatic heterocycles. The SMILES string of the molecule is Cc1ccc(Sc2nnc(C)s2)c(C(=O)O)c1. The first-order valence-electron chi connectivity index (χ1n) is 4.88. The number of rotatable bonds is 3. The van der Waals surface area contributed by atoms with Crippen LogP contribution in [-0.2, 0) is 0 Å². The zero-order valence-corrected chi connectivity index (χ0v) is 10.9. The van der Waals surface area contributed by atoms with Gasteiger partial charge in [-0.25, -0.2) is 4.79 Å². The average molecular weight is 266 g/mol. The van der Waals surface area contributed by atoms with E-state index in [9.17, 15) is 4.79 Å². The van der Waals surface area contributed by atoms with Crippen molar-refractivity contribution in [2.24, 2.45) is 0 Å². The van der Waals surface area contributed by atoms with Gasteiger partial charge in [-0.2, -0.15) is 0 Å². The van der Waals surface area contributed by atoms with Gasteiger partial charge in [0.1, 0.15) is 5.01 Å². The molecule has 1 N–H and O–H groups in total. The summed E-state index contributed by atoms with van der Waals surface area (Å²) < 4.78 is 0.758. The van der Waals surface area contributed by atoms with Crippen LogP contribution < -0.4 is 0 Å². The monoisotopic (exact) mass is 266 g/mol. The van der Waals surface area contributed by atoms with Crippen molar-refractivity contribution in [3.63, 3.8) is 0 Å². The van der Waals surface area contributed by atoms with E-state index < -0.39 is 5.97 Å². The van der Waals surface area contributed by atoms with Crippen molar-refractivity contribution in [2.75, 3.05) is 0 Å². The molecule has 1 aromatic carbocycles. The lowest BCUT2D eigenvalue weighted by atomic mass is 10.1. The van der Waals surface area contributed by atoms with Crippen LogP contribution in [0.4, 0.5) is 0 Å². The number of nitrogens with zero attached hydrogens (tertiary/aromatic N) is 2. The number of aryl methyl sites for hydroxylation is 2. The van der Waals surface area contributed by atoms with Crippen molar-refractivity contribution in [3.05, 3.63) is 34.3 Å². The first-order chi connectivity index (χ1) is 8.06. The van der Waals surface area contributed by atoms with Crippen LogP contribution in [0.1, 0.15) is 20.9 Å². The molecule has 17 heavy (non-hydrogen) atoms. The summed E-state index contributed by atoms with van der Waals surface area (Å²) in [6.07, 6.45) is 0. The van der Waals surface area contributed by atoms with Gasteiger partial charge >= 0.3 is 5.97 Å². The molecule has 0 unspecified atom stereocenters. The summed E-state index contributed by atoms with van der Waals surface area (Å²) in [5, 5.41) is 17.9. The molecule has 0 spiro atoms. The van der Waals surface area contributed by atoms with Crippen LogP contribution >= 0.6 is 23.1 Å². The van der Waals surface area contributed by atoms with E-state index in [0.717, 1.165) is 14.9 Å². The Morgan fingerprint density at radius 2 is 2.12 bits per heavy atom. The zero-order valence-electron chi connectivity index (χ0n) is 9.30. The quantitative estimate of drug-likeness (QED) is 0.925. The van der Waals surface area contributed by atoms with E-state index >= 15 is 0 Å². The Balaban J connectivity index is 2.35. The van der Waals surface area contributed by atoms with Gasteiger partial charge in [0.05, 0.1) is 5.56 Å². The van der Waals surface area contributed by atoms with Gasteiger partial charge in [-0.05, 0) is 26.0 Å². The first kappa shape index (κ1) is 12.1. The molecular weight excluding hydrogens is 256 g/mol. The van der Waals surface area contributed by atoms with Gasteiger partial charge in [0, 0.05) is 4.90 Å². The lowest BCUT2D eigenvalue weighted by Gasteiger charge is -2.04. The van der Waals surface area contributed by atoms with Crippen molar-refractivity contribution in [1.29, 1.82) is 0 Å². The molecule has 0 atom stereocenters.